The molecular formula is C19H38N4O3. The zero-order chi connectivity index (χ0) is 18.6. The first-order chi connectivity index (χ1) is 12.7. The van der Waals surface area contributed by atoms with E-state index in [4.69, 9.17) is 9.47 Å². The quantitative estimate of drug-likeness (QED) is 0.444. The van der Waals surface area contributed by atoms with E-state index in [1.807, 2.05) is 14.1 Å². The minimum absolute atomic E-state index is 0.0182. The number of rotatable bonds is 10. The second-order valence-electron chi connectivity index (χ2n) is 7.48. The first kappa shape index (κ1) is 21.4. The minimum atomic E-state index is -0.465. The van der Waals surface area contributed by atoms with Crippen molar-refractivity contribution in [3.8, 4) is 0 Å². The van der Waals surface area contributed by atoms with Crippen LogP contribution in [0.15, 0.2) is 0 Å². The average Bonchev–Trinajstić information content (AvgIpc) is 2.65. The van der Waals surface area contributed by atoms with Crippen LogP contribution >= 0.6 is 0 Å². The van der Waals surface area contributed by atoms with Crippen molar-refractivity contribution < 1.29 is 14.3 Å². The van der Waals surface area contributed by atoms with Gasteiger partial charge >= 0.3 is 6.16 Å². The van der Waals surface area contributed by atoms with Crippen LogP contribution in [0.2, 0.25) is 0 Å². The summed E-state index contributed by atoms with van der Waals surface area (Å²) in [5.41, 5.74) is 0. The lowest BCUT2D eigenvalue weighted by Crippen LogP contribution is -2.41. The summed E-state index contributed by atoms with van der Waals surface area (Å²) in [5, 5.41) is 6.36. The molecule has 2 fully saturated rings. The molecule has 0 aromatic carbocycles. The lowest BCUT2D eigenvalue weighted by molar-refractivity contribution is -0.0320. The summed E-state index contributed by atoms with van der Waals surface area (Å²) in [6.07, 6.45) is 5.56. The van der Waals surface area contributed by atoms with Gasteiger partial charge in [-0.2, -0.15) is 0 Å². The number of carbonyl (C=O) groups is 1. The fourth-order valence-corrected chi connectivity index (χ4v) is 3.76. The number of piperidine rings is 2. The summed E-state index contributed by atoms with van der Waals surface area (Å²) in [6.45, 7) is 8.36. The molecule has 0 bridgehead atoms. The first-order valence-electron chi connectivity index (χ1n) is 10.3. The number of nitrogens with one attached hydrogen (secondary N) is 2. The van der Waals surface area contributed by atoms with Crippen molar-refractivity contribution in [3.63, 3.8) is 0 Å². The normalized spacial score (nSPS) is 21.0. The highest BCUT2D eigenvalue weighted by Crippen LogP contribution is 2.18. The van der Waals surface area contributed by atoms with Crippen molar-refractivity contribution >= 4 is 6.16 Å². The van der Waals surface area contributed by atoms with E-state index in [1.165, 1.54) is 0 Å². The Kier molecular flexibility index (Phi) is 10.3. The van der Waals surface area contributed by atoms with Gasteiger partial charge in [0.15, 0.2) is 0 Å². The van der Waals surface area contributed by atoms with E-state index in [9.17, 15) is 4.79 Å². The van der Waals surface area contributed by atoms with Gasteiger partial charge in [-0.3, -0.25) is 0 Å². The Morgan fingerprint density at radius 1 is 0.808 bits per heavy atom. The van der Waals surface area contributed by atoms with Gasteiger partial charge in [0.25, 0.3) is 0 Å². The van der Waals surface area contributed by atoms with Crippen LogP contribution < -0.4 is 10.6 Å². The molecule has 2 aliphatic heterocycles. The SMILES string of the molecule is CNCCCN1CCC(OC(=O)OC2CCN(CCCNC)CC2)CC1. The van der Waals surface area contributed by atoms with E-state index < -0.39 is 6.16 Å². The Labute approximate surface area is 158 Å². The maximum absolute atomic E-state index is 12.1. The third-order valence-corrected chi connectivity index (χ3v) is 5.40. The maximum Gasteiger partial charge on any atom is 0.508 e. The fourth-order valence-electron chi connectivity index (χ4n) is 3.76. The second kappa shape index (κ2) is 12.5. The van der Waals surface area contributed by atoms with Crippen LogP contribution in [0, 0.1) is 0 Å². The molecule has 2 N–H and O–H groups in total. The fraction of sp³-hybridized carbons (Fsp3) is 0.947. The molecule has 0 unspecified atom stereocenters. The zero-order valence-electron chi connectivity index (χ0n) is 16.7. The minimum Gasteiger partial charge on any atom is -0.431 e. The van der Waals surface area contributed by atoms with Gasteiger partial charge in [-0.15, -0.1) is 0 Å². The van der Waals surface area contributed by atoms with Crippen molar-refractivity contribution in [2.75, 3.05) is 66.5 Å². The highest BCUT2D eigenvalue weighted by molar-refractivity contribution is 5.60. The Morgan fingerprint density at radius 2 is 1.19 bits per heavy atom. The molecule has 0 aromatic rings. The van der Waals surface area contributed by atoms with E-state index >= 15 is 0 Å². The Hall–Kier alpha value is -0.890. The van der Waals surface area contributed by atoms with Crippen molar-refractivity contribution in [2.45, 2.75) is 50.7 Å². The molecule has 0 aromatic heterocycles. The predicted molar refractivity (Wildman–Crippen MR) is 104 cm³/mol. The molecule has 2 saturated heterocycles. The average molecular weight is 371 g/mol. The van der Waals surface area contributed by atoms with E-state index in [1.54, 1.807) is 0 Å². The van der Waals surface area contributed by atoms with Crippen molar-refractivity contribution in [1.82, 2.24) is 20.4 Å². The monoisotopic (exact) mass is 370 g/mol. The smallest absolute Gasteiger partial charge is 0.431 e. The highest BCUT2D eigenvalue weighted by atomic mass is 16.7. The standard InChI is InChI=1S/C19H38N4O3/c1-20-9-3-11-22-13-5-17(6-14-22)25-19(24)26-18-7-15-23(16-8-18)12-4-10-21-2/h17-18,20-21H,3-16H2,1-2H3. The van der Waals surface area contributed by atoms with Gasteiger partial charge in [0.1, 0.15) is 12.2 Å². The number of hydrogen-bond acceptors (Lipinski definition) is 7. The van der Waals surface area contributed by atoms with Gasteiger partial charge in [0.2, 0.25) is 0 Å². The van der Waals surface area contributed by atoms with E-state index in [-0.39, 0.29) is 12.2 Å². The summed E-state index contributed by atoms with van der Waals surface area (Å²) in [6, 6.07) is 0. The Morgan fingerprint density at radius 3 is 1.54 bits per heavy atom. The molecule has 7 heteroatoms. The van der Waals surface area contributed by atoms with Crippen LogP contribution in [-0.4, -0.2) is 94.6 Å². The van der Waals surface area contributed by atoms with Crippen molar-refractivity contribution in [1.29, 1.82) is 0 Å². The van der Waals surface area contributed by atoms with Gasteiger partial charge in [-0.25, -0.2) is 4.79 Å². The second-order valence-corrected chi connectivity index (χ2v) is 7.48. The number of likely N-dealkylation sites (tertiary alicyclic amines) is 2. The molecule has 0 amide bonds. The van der Waals surface area contributed by atoms with E-state index in [0.29, 0.717) is 0 Å². The number of nitrogens with zero attached hydrogens (tertiary/aromatic N) is 2. The molecule has 0 spiro atoms. The molecule has 0 radical (unpaired) electrons. The van der Waals surface area contributed by atoms with Gasteiger partial charge in [0.05, 0.1) is 0 Å². The Balaban J connectivity index is 1.54. The molecule has 2 heterocycles. The van der Waals surface area contributed by atoms with Crippen molar-refractivity contribution in [3.05, 3.63) is 0 Å². The van der Waals surface area contributed by atoms with E-state index in [0.717, 1.165) is 90.9 Å². The molecule has 7 nitrogen and oxygen atoms in total. The van der Waals surface area contributed by atoms with Crippen LogP contribution in [0.3, 0.4) is 0 Å². The number of ether oxygens (including phenoxy) is 2. The summed E-state index contributed by atoms with van der Waals surface area (Å²) < 4.78 is 11.1. The molecule has 0 aliphatic carbocycles. The summed E-state index contributed by atoms with van der Waals surface area (Å²) in [4.78, 5) is 17.0. The Bertz CT molecular complexity index is 347. The number of hydrogen-bond donors (Lipinski definition) is 2. The maximum atomic E-state index is 12.1. The summed E-state index contributed by atoms with van der Waals surface area (Å²) in [7, 11) is 3.97. The third kappa shape index (κ3) is 8.20. The zero-order valence-corrected chi connectivity index (χ0v) is 16.7. The molecule has 26 heavy (non-hydrogen) atoms. The van der Waals surface area contributed by atoms with Crippen LogP contribution in [0.25, 0.3) is 0 Å². The third-order valence-electron chi connectivity index (χ3n) is 5.40. The van der Waals surface area contributed by atoms with Gasteiger partial charge in [-0.05, 0) is 78.8 Å². The predicted octanol–water partition coefficient (Wildman–Crippen LogP) is 1.29. The summed E-state index contributed by atoms with van der Waals surface area (Å²) in [5.74, 6) is 0. The highest BCUT2D eigenvalue weighted by Gasteiger charge is 2.26. The topological polar surface area (TPSA) is 66.1 Å². The summed E-state index contributed by atoms with van der Waals surface area (Å²) >= 11 is 0. The molecular weight excluding hydrogens is 332 g/mol. The molecule has 2 rings (SSSR count). The molecule has 152 valence electrons. The van der Waals surface area contributed by atoms with Gasteiger partial charge in [-0.1, -0.05) is 0 Å². The van der Waals surface area contributed by atoms with Gasteiger partial charge < -0.3 is 29.9 Å². The van der Waals surface area contributed by atoms with Crippen LogP contribution in [0.1, 0.15) is 38.5 Å². The van der Waals surface area contributed by atoms with E-state index in [2.05, 4.69) is 20.4 Å². The van der Waals surface area contributed by atoms with Crippen LogP contribution in [0.5, 0.6) is 0 Å². The van der Waals surface area contributed by atoms with Crippen LogP contribution in [-0.2, 0) is 9.47 Å². The lowest BCUT2D eigenvalue weighted by atomic mass is 10.1. The molecule has 0 atom stereocenters. The van der Waals surface area contributed by atoms with Crippen molar-refractivity contribution in [2.24, 2.45) is 0 Å². The van der Waals surface area contributed by atoms with Gasteiger partial charge in [0, 0.05) is 26.2 Å². The van der Waals surface area contributed by atoms with Crippen LogP contribution in [0.4, 0.5) is 4.79 Å². The lowest BCUT2D eigenvalue weighted by Gasteiger charge is -2.33. The number of carbonyl (C=O) groups excluding carboxylic acids is 1. The molecule has 2 aliphatic rings. The first-order valence-corrected chi connectivity index (χ1v) is 10.3. The largest absolute Gasteiger partial charge is 0.508 e. The molecule has 0 saturated carbocycles.